The van der Waals surface area contributed by atoms with Crippen molar-refractivity contribution >= 4 is 51.5 Å². The zero-order chi connectivity index (χ0) is 24.4. The number of hydrogen-bond acceptors (Lipinski definition) is 6. The zero-order valence-electron chi connectivity index (χ0n) is 18.7. The van der Waals surface area contributed by atoms with E-state index in [1.165, 1.54) is 17.8 Å². The van der Waals surface area contributed by atoms with Gasteiger partial charge >= 0.3 is 5.97 Å². The van der Waals surface area contributed by atoms with Gasteiger partial charge in [0.25, 0.3) is 5.91 Å². The molecule has 1 aliphatic heterocycles. The Labute approximate surface area is 204 Å². The fourth-order valence-electron chi connectivity index (χ4n) is 3.79. The van der Waals surface area contributed by atoms with Crippen molar-refractivity contribution in [3.8, 4) is 5.75 Å². The van der Waals surface area contributed by atoms with Crippen LogP contribution in [0.3, 0.4) is 0 Å². The molecule has 0 atom stereocenters. The summed E-state index contributed by atoms with van der Waals surface area (Å²) in [4.78, 5) is 28.8. The van der Waals surface area contributed by atoms with Crippen molar-refractivity contribution in [2.75, 3.05) is 6.61 Å². The molecule has 9 heteroatoms. The molecule has 35 heavy (non-hydrogen) atoms. The summed E-state index contributed by atoms with van der Waals surface area (Å²) in [6.45, 7) is 2.88. The second kappa shape index (κ2) is 9.55. The van der Waals surface area contributed by atoms with E-state index in [1.807, 2.05) is 72.3 Å². The van der Waals surface area contributed by atoms with E-state index in [1.54, 1.807) is 6.07 Å². The van der Waals surface area contributed by atoms with Crippen LogP contribution in [0.4, 0.5) is 5.69 Å². The van der Waals surface area contributed by atoms with Gasteiger partial charge in [-0.3, -0.25) is 4.79 Å². The summed E-state index contributed by atoms with van der Waals surface area (Å²) in [7, 11) is 0. The normalized spacial score (nSPS) is 15.7. The van der Waals surface area contributed by atoms with E-state index < -0.39 is 5.97 Å². The van der Waals surface area contributed by atoms with Gasteiger partial charge in [0.2, 0.25) is 5.76 Å². The van der Waals surface area contributed by atoms with Crippen molar-refractivity contribution in [1.29, 1.82) is 0 Å². The van der Waals surface area contributed by atoms with Crippen LogP contribution in [-0.4, -0.2) is 33.3 Å². The number of amidine groups is 1. The summed E-state index contributed by atoms with van der Waals surface area (Å²) < 4.78 is 12.8. The monoisotopic (exact) mass is 487 g/mol. The van der Waals surface area contributed by atoms with Crippen LogP contribution >= 0.6 is 11.8 Å². The first kappa shape index (κ1) is 22.5. The third-order valence-electron chi connectivity index (χ3n) is 5.33. The number of amides is 1. The molecule has 2 aromatic carbocycles. The molecule has 0 spiro atoms. The van der Waals surface area contributed by atoms with Crippen molar-refractivity contribution in [1.82, 2.24) is 9.88 Å². The van der Waals surface area contributed by atoms with Gasteiger partial charge in [0.1, 0.15) is 11.5 Å². The Morgan fingerprint density at radius 3 is 2.71 bits per heavy atom. The summed E-state index contributed by atoms with van der Waals surface area (Å²) in [5.41, 5.74) is 2.53. The van der Waals surface area contributed by atoms with Crippen LogP contribution < -0.4 is 10.1 Å². The van der Waals surface area contributed by atoms with Crippen LogP contribution in [0, 0.1) is 0 Å². The number of carbonyl (C=O) groups excluding carboxylic acids is 1. The Bertz CT molecular complexity index is 1480. The molecule has 3 heterocycles. The van der Waals surface area contributed by atoms with Gasteiger partial charge in [0.05, 0.1) is 23.7 Å². The van der Waals surface area contributed by atoms with Crippen LogP contribution in [0.1, 0.15) is 28.8 Å². The Hall–Kier alpha value is -4.24. The Kier molecular flexibility index (Phi) is 6.15. The number of fused-ring (bicyclic) bond motifs is 1. The predicted octanol–water partition coefficient (Wildman–Crippen LogP) is 5.27. The lowest BCUT2D eigenvalue weighted by Crippen LogP contribution is -2.19. The van der Waals surface area contributed by atoms with Gasteiger partial charge in [-0.2, -0.15) is 0 Å². The lowest BCUT2D eigenvalue weighted by Gasteiger charge is -2.02. The number of aromatic nitrogens is 1. The molecular weight excluding hydrogens is 466 g/mol. The maximum Gasteiger partial charge on any atom is 0.371 e. The minimum atomic E-state index is -1.11. The number of aliphatic imine (C=N–C) groups is 1. The molecule has 0 bridgehead atoms. The van der Waals surface area contributed by atoms with E-state index in [9.17, 15) is 9.59 Å². The number of benzene rings is 2. The highest BCUT2D eigenvalue weighted by atomic mass is 32.2. The van der Waals surface area contributed by atoms with E-state index in [0.717, 1.165) is 22.2 Å². The average Bonchev–Trinajstić information content (AvgIpc) is 3.55. The SMILES string of the molecule is CCOc1ccc(N=C2NC(=O)/C(=C/c3cn(Cc4ccc(C(=O)O)o4)c4ccccc34)S2)cc1. The van der Waals surface area contributed by atoms with Gasteiger partial charge in [-0.1, -0.05) is 18.2 Å². The quantitative estimate of drug-likeness (QED) is 0.344. The third-order valence-corrected chi connectivity index (χ3v) is 6.24. The molecule has 0 aliphatic carbocycles. The second-order valence-corrected chi connectivity index (χ2v) is 8.74. The number of carboxylic acid groups (broad SMARTS) is 1. The smallest absolute Gasteiger partial charge is 0.371 e. The van der Waals surface area contributed by atoms with Crippen molar-refractivity contribution in [2.24, 2.45) is 4.99 Å². The molecule has 1 saturated heterocycles. The molecule has 0 saturated carbocycles. The van der Waals surface area contributed by atoms with Crippen molar-refractivity contribution in [3.63, 3.8) is 0 Å². The van der Waals surface area contributed by atoms with Crippen LogP contribution in [0.25, 0.3) is 17.0 Å². The minimum absolute atomic E-state index is 0.0998. The molecule has 4 aromatic rings. The van der Waals surface area contributed by atoms with Crippen molar-refractivity contribution < 1.29 is 23.8 Å². The van der Waals surface area contributed by atoms with Gasteiger partial charge in [-0.15, -0.1) is 0 Å². The van der Waals surface area contributed by atoms with Crippen LogP contribution in [-0.2, 0) is 11.3 Å². The molecule has 1 amide bonds. The Balaban J connectivity index is 1.41. The highest BCUT2D eigenvalue weighted by molar-refractivity contribution is 8.18. The summed E-state index contributed by atoms with van der Waals surface area (Å²) >= 11 is 1.28. The molecule has 0 unspecified atom stereocenters. The van der Waals surface area contributed by atoms with Crippen LogP contribution in [0.5, 0.6) is 5.75 Å². The van der Waals surface area contributed by atoms with Gasteiger partial charge in [0, 0.05) is 22.7 Å². The molecule has 1 fully saturated rings. The Morgan fingerprint density at radius 2 is 1.97 bits per heavy atom. The number of carboxylic acids is 1. The first-order valence-electron chi connectivity index (χ1n) is 10.9. The van der Waals surface area contributed by atoms with Gasteiger partial charge in [0.15, 0.2) is 5.17 Å². The number of hydrogen-bond donors (Lipinski definition) is 2. The van der Waals surface area contributed by atoms with Crippen LogP contribution in [0.2, 0.25) is 0 Å². The number of rotatable bonds is 7. The lowest BCUT2D eigenvalue weighted by atomic mass is 10.1. The van der Waals surface area contributed by atoms with Crippen LogP contribution in [0.15, 0.2) is 81.2 Å². The fraction of sp³-hybridized carbons (Fsp3) is 0.115. The number of nitrogens with zero attached hydrogens (tertiary/aromatic N) is 2. The standard InChI is InChI=1S/C26H21N3O5S/c1-2-33-18-9-7-17(8-10-18)27-26-28-24(30)23(35-26)13-16-14-29(21-6-4-3-5-20(16)21)15-19-11-12-22(34-19)25(31)32/h3-14H,2,15H2,1H3,(H,31,32)(H,27,28,30)/b23-13-. The molecule has 2 N–H and O–H groups in total. The van der Waals surface area contributed by atoms with E-state index in [4.69, 9.17) is 14.3 Å². The maximum atomic E-state index is 12.6. The summed E-state index contributed by atoms with van der Waals surface area (Å²) in [6.07, 6.45) is 3.76. The molecule has 5 rings (SSSR count). The van der Waals surface area contributed by atoms with E-state index >= 15 is 0 Å². The lowest BCUT2D eigenvalue weighted by molar-refractivity contribution is -0.115. The van der Waals surface area contributed by atoms with E-state index in [2.05, 4.69) is 10.3 Å². The zero-order valence-corrected chi connectivity index (χ0v) is 19.5. The number of carbonyl (C=O) groups is 2. The molecule has 2 aromatic heterocycles. The van der Waals surface area contributed by atoms with E-state index in [0.29, 0.717) is 34.7 Å². The maximum absolute atomic E-state index is 12.6. The van der Waals surface area contributed by atoms with E-state index in [-0.39, 0.29) is 11.7 Å². The topological polar surface area (TPSA) is 106 Å². The molecule has 0 radical (unpaired) electrons. The largest absolute Gasteiger partial charge is 0.494 e. The number of para-hydroxylation sites is 1. The van der Waals surface area contributed by atoms with Gasteiger partial charge < -0.3 is 24.1 Å². The molecule has 8 nitrogen and oxygen atoms in total. The molecule has 1 aliphatic rings. The summed E-state index contributed by atoms with van der Waals surface area (Å²) in [6, 6.07) is 18.3. The number of thioether (sulfide) groups is 1. The predicted molar refractivity (Wildman–Crippen MR) is 135 cm³/mol. The summed E-state index contributed by atoms with van der Waals surface area (Å²) in [5.74, 6) is -0.123. The number of nitrogens with one attached hydrogen (secondary N) is 1. The Morgan fingerprint density at radius 1 is 1.17 bits per heavy atom. The molecule has 176 valence electrons. The minimum Gasteiger partial charge on any atom is -0.494 e. The highest BCUT2D eigenvalue weighted by Gasteiger charge is 2.24. The first-order valence-corrected chi connectivity index (χ1v) is 11.7. The number of aromatic carboxylic acids is 1. The second-order valence-electron chi connectivity index (χ2n) is 7.71. The third kappa shape index (κ3) is 4.85. The summed E-state index contributed by atoms with van der Waals surface area (Å²) in [5, 5.41) is 13.4. The number of ether oxygens (including phenoxy) is 1. The average molecular weight is 488 g/mol. The number of furan rings is 1. The van der Waals surface area contributed by atoms with Gasteiger partial charge in [-0.25, -0.2) is 9.79 Å². The van der Waals surface area contributed by atoms with Gasteiger partial charge in [-0.05, 0) is 67.2 Å². The van der Waals surface area contributed by atoms with Crippen molar-refractivity contribution in [3.05, 3.63) is 88.8 Å². The fourth-order valence-corrected chi connectivity index (χ4v) is 4.62. The highest BCUT2D eigenvalue weighted by Crippen LogP contribution is 2.31. The first-order chi connectivity index (χ1) is 17.0. The molecular formula is C26H21N3O5S. The van der Waals surface area contributed by atoms with Crippen molar-refractivity contribution in [2.45, 2.75) is 13.5 Å².